The molecule has 0 aliphatic rings. The largest absolute Gasteiger partial charge is 0.384 e. The van der Waals surface area contributed by atoms with Gasteiger partial charge >= 0.3 is 0 Å². The molecular formula is C15H26N2. The minimum atomic E-state index is 0.633. The van der Waals surface area contributed by atoms with Crippen molar-refractivity contribution >= 4 is 5.69 Å². The highest BCUT2D eigenvalue weighted by Crippen LogP contribution is 2.13. The van der Waals surface area contributed by atoms with E-state index in [0.29, 0.717) is 12.0 Å². The second kappa shape index (κ2) is 6.65. The Hall–Kier alpha value is -1.02. The first-order valence-electron chi connectivity index (χ1n) is 6.52. The van der Waals surface area contributed by atoms with Gasteiger partial charge in [0, 0.05) is 24.8 Å². The monoisotopic (exact) mass is 234 g/mol. The van der Waals surface area contributed by atoms with Crippen molar-refractivity contribution in [2.45, 2.75) is 33.7 Å². The molecule has 1 aromatic rings. The van der Waals surface area contributed by atoms with Gasteiger partial charge in [-0.15, -0.1) is 0 Å². The molecule has 0 saturated heterocycles. The molecule has 0 fully saturated rings. The summed E-state index contributed by atoms with van der Waals surface area (Å²) in [6, 6.07) is 9.07. The molecule has 1 N–H and O–H groups in total. The summed E-state index contributed by atoms with van der Waals surface area (Å²) >= 11 is 0. The van der Waals surface area contributed by atoms with E-state index in [1.807, 2.05) is 0 Å². The maximum atomic E-state index is 3.50. The van der Waals surface area contributed by atoms with E-state index in [9.17, 15) is 0 Å². The Labute approximate surface area is 106 Å². The maximum absolute atomic E-state index is 3.50. The van der Waals surface area contributed by atoms with Crippen LogP contribution in [-0.2, 0) is 0 Å². The first-order valence-corrected chi connectivity index (χ1v) is 6.52. The lowest BCUT2D eigenvalue weighted by Gasteiger charge is -2.28. The number of benzene rings is 1. The number of nitrogens with one attached hydrogen (secondary N) is 1. The lowest BCUT2D eigenvalue weighted by atomic mass is 10.1. The van der Waals surface area contributed by atoms with Gasteiger partial charge in [0.05, 0.1) is 0 Å². The third-order valence-electron chi connectivity index (χ3n) is 3.59. The molecule has 0 heterocycles. The van der Waals surface area contributed by atoms with Crippen LogP contribution in [0.15, 0.2) is 24.3 Å². The predicted octanol–water partition coefficient (Wildman–Crippen LogP) is 3.38. The highest BCUT2D eigenvalue weighted by molar-refractivity contribution is 5.50. The number of hydrogen-bond acceptors (Lipinski definition) is 2. The van der Waals surface area contributed by atoms with Gasteiger partial charge in [0.15, 0.2) is 0 Å². The molecule has 96 valence electrons. The third-order valence-corrected chi connectivity index (χ3v) is 3.59. The number of para-hydroxylation sites is 1. The second-order valence-corrected chi connectivity index (χ2v) is 5.21. The molecule has 0 amide bonds. The molecule has 0 aromatic heterocycles. The summed E-state index contributed by atoms with van der Waals surface area (Å²) in [7, 11) is 2.20. The van der Waals surface area contributed by atoms with Crippen LogP contribution in [0.25, 0.3) is 0 Å². The van der Waals surface area contributed by atoms with Crippen molar-refractivity contribution in [3.05, 3.63) is 29.8 Å². The molecule has 1 rings (SSSR count). The normalized spacial score (nSPS) is 13.1. The molecule has 0 aliphatic carbocycles. The van der Waals surface area contributed by atoms with Crippen LogP contribution < -0.4 is 5.32 Å². The van der Waals surface area contributed by atoms with Crippen LogP contribution in [0.5, 0.6) is 0 Å². The maximum Gasteiger partial charge on any atom is 0.0370 e. The Morgan fingerprint density at radius 1 is 1.18 bits per heavy atom. The van der Waals surface area contributed by atoms with Gasteiger partial charge in [0.25, 0.3) is 0 Å². The van der Waals surface area contributed by atoms with Crippen LogP contribution >= 0.6 is 0 Å². The van der Waals surface area contributed by atoms with E-state index in [1.165, 1.54) is 11.3 Å². The Kier molecular flexibility index (Phi) is 5.49. The minimum Gasteiger partial charge on any atom is -0.384 e. The van der Waals surface area contributed by atoms with Crippen molar-refractivity contribution in [3.63, 3.8) is 0 Å². The number of likely N-dealkylation sites (N-methyl/N-ethyl adjacent to an activating group) is 1. The number of aryl methyl sites for hydroxylation is 1. The number of rotatable bonds is 6. The first kappa shape index (κ1) is 14.0. The van der Waals surface area contributed by atoms with Crippen molar-refractivity contribution in [1.82, 2.24) is 4.90 Å². The summed E-state index contributed by atoms with van der Waals surface area (Å²) in [4.78, 5) is 2.41. The topological polar surface area (TPSA) is 15.3 Å². The molecule has 0 spiro atoms. The standard InChI is InChI=1S/C15H26N2/c1-12(2)14(4)17(5)11-10-16-15-9-7-6-8-13(15)3/h6-9,12,14,16H,10-11H2,1-5H3. The van der Waals surface area contributed by atoms with E-state index in [2.05, 4.69) is 69.2 Å². The Morgan fingerprint density at radius 3 is 2.41 bits per heavy atom. The van der Waals surface area contributed by atoms with Crippen molar-refractivity contribution in [3.8, 4) is 0 Å². The fraction of sp³-hybridized carbons (Fsp3) is 0.600. The summed E-state index contributed by atoms with van der Waals surface area (Å²) in [5.74, 6) is 0.707. The smallest absolute Gasteiger partial charge is 0.0370 e. The van der Waals surface area contributed by atoms with Crippen LogP contribution in [-0.4, -0.2) is 31.1 Å². The fourth-order valence-electron chi connectivity index (χ4n) is 1.85. The third kappa shape index (κ3) is 4.39. The number of anilines is 1. The second-order valence-electron chi connectivity index (χ2n) is 5.21. The molecule has 2 heteroatoms. The minimum absolute atomic E-state index is 0.633. The quantitative estimate of drug-likeness (QED) is 0.811. The van der Waals surface area contributed by atoms with Crippen molar-refractivity contribution in [1.29, 1.82) is 0 Å². The molecule has 1 atom stereocenters. The molecule has 2 nitrogen and oxygen atoms in total. The molecule has 0 aliphatic heterocycles. The van der Waals surface area contributed by atoms with Gasteiger partial charge in [-0.05, 0) is 38.4 Å². The lowest BCUT2D eigenvalue weighted by Crippen LogP contribution is -2.36. The molecule has 0 radical (unpaired) electrons. The highest BCUT2D eigenvalue weighted by Gasteiger charge is 2.12. The van der Waals surface area contributed by atoms with Crippen LogP contribution in [0.2, 0.25) is 0 Å². The van der Waals surface area contributed by atoms with Crippen LogP contribution in [0.1, 0.15) is 26.3 Å². The van der Waals surface area contributed by atoms with Gasteiger partial charge in [-0.3, -0.25) is 0 Å². The summed E-state index contributed by atoms with van der Waals surface area (Å²) in [5, 5.41) is 3.50. The van der Waals surface area contributed by atoms with Crippen LogP contribution in [0.4, 0.5) is 5.69 Å². The predicted molar refractivity (Wildman–Crippen MR) is 76.6 cm³/mol. The Balaban J connectivity index is 2.36. The zero-order chi connectivity index (χ0) is 12.8. The fourth-order valence-corrected chi connectivity index (χ4v) is 1.85. The first-order chi connectivity index (χ1) is 8.02. The Morgan fingerprint density at radius 2 is 1.82 bits per heavy atom. The zero-order valence-corrected chi connectivity index (χ0v) is 11.8. The average molecular weight is 234 g/mol. The van der Waals surface area contributed by atoms with Gasteiger partial charge in [-0.1, -0.05) is 32.0 Å². The molecular weight excluding hydrogens is 208 g/mol. The molecule has 1 aromatic carbocycles. The van der Waals surface area contributed by atoms with Crippen LogP contribution in [0.3, 0.4) is 0 Å². The van der Waals surface area contributed by atoms with E-state index in [4.69, 9.17) is 0 Å². The van der Waals surface area contributed by atoms with E-state index in [-0.39, 0.29) is 0 Å². The SMILES string of the molecule is Cc1ccccc1NCCN(C)C(C)C(C)C. The summed E-state index contributed by atoms with van der Waals surface area (Å²) < 4.78 is 0. The van der Waals surface area contributed by atoms with Gasteiger partial charge in [-0.2, -0.15) is 0 Å². The van der Waals surface area contributed by atoms with Crippen LogP contribution in [0, 0.1) is 12.8 Å². The van der Waals surface area contributed by atoms with Crippen molar-refractivity contribution < 1.29 is 0 Å². The lowest BCUT2D eigenvalue weighted by molar-refractivity contribution is 0.215. The molecule has 0 saturated carbocycles. The van der Waals surface area contributed by atoms with Gasteiger partial charge in [-0.25, -0.2) is 0 Å². The van der Waals surface area contributed by atoms with Gasteiger partial charge in [0.2, 0.25) is 0 Å². The van der Waals surface area contributed by atoms with E-state index < -0.39 is 0 Å². The summed E-state index contributed by atoms with van der Waals surface area (Å²) in [6.45, 7) is 11.1. The number of hydrogen-bond donors (Lipinski definition) is 1. The summed E-state index contributed by atoms with van der Waals surface area (Å²) in [5.41, 5.74) is 2.56. The van der Waals surface area contributed by atoms with E-state index in [1.54, 1.807) is 0 Å². The average Bonchev–Trinajstić information content (AvgIpc) is 2.30. The van der Waals surface area contributed by atoms with Gasteiger partial charge in [0.1, 0.15) is 0 Å². The number of nitrogens with zero attached hydrogens (tertiary/aromatic N) is 1. The Bertz CT molecular complexity index is 333. The van der Waals surface area contributed by atoms with Crippen molar-refractivity contribution in [2.75, 3.05) is 25.5 Å². The summed E-state index contributed by atoms with van der Waals surface area (Å²) in [6.07, 6.45) is 0. The zero-order valence-electron chi connectivity index (χ0n) is 11.8. The molecule has 1 unspecified atom stereocenters. The molecule has 17 heavy (non-hydrogen) atoms. The highest BCUT2D eigenvalue weighted by atomic mass is 15.1. The van der Waals surface area contributed by atoms with Gasteiger partial charge < -0.3 is 10.2 Å². The van der Waals surface area contributed by atoms with E-state index >= 15 is 0 Å². The molecule has 0 bridgehead atoms. The van der Waals surface area contributed by atoms with E-state index in [0.717, 1.165) is 13.1 Å². The van der Waals surface area contributed by atoms with Crippen molar-refractivity contribution in [2.24, 2.45) is 5.92 Å².